The highest BCUT2D eigenvalue weighted by molar-refractivity contribution is 6.05. The van der Waals surface area contributed by atoms with E-state index in [9.17, 15) is 14.4 Å². The van der Waals surface area contributed by atoms with E-state index in [4.69, 9.17) is 9.47 Å². The molecule has 3 amide bonds. The van der Waals surface area contributed by atoms with Crippen LogP contribution in [-0.2, 0) is 0 Å². The van der Waals surface area contributed by atoms with Crippen LogP contribution in [0.25, 0.3) is 0 Å². The van der Waals surface area contributed by atoms with Crippen LogP contribution in [0.15, 0.2) is 72.8 Å². The number of carbonyl (C=O) groups is 3. The van der Waals surface area contributed by atoms with Crippen LogP contribution in [0.3, 0.4) is 0 Å². The highest BCUT2D eigenvalue weighted by atomic mass is 16.5. The number of ether oxygens (including phenoxy) is 2. The number of amides is 3. The maximum absolute atomic E-state index is 12.4. The molecule has 3 aromatic rings. The summed E-state index contributed by atoms with van der Waals surface area (Å²) in [6, 6.07) is 19.5. The lowest BCUT2D eigenvalue weighted by molar-refractivity contribution is 0.0846. The number of benzene rings is 3. The van der Waals surface area contributed by atoms with E-state index in [1.54, 1.807) is 73.8 Å². The molecule has 0 radical (unpaired) electrons. The SMILES string of the molecule is COc1ccc(C(=O)NNC(=O)c2cccc(NC(=O)c3ccc(OC)cc3)c2)cc1. The van der Waals surface area contributed by atoms with Crippen molar-refractivity contribution in [2.45, 2.75) is 0 Å². The minimum absolute atomic E-state index is 0.266. The van der Waals surface area contributed by atoms with E-state index in [-0.39, 0.29) is 11.5 Å². The molecule has 0 aliphatic carbocycles. The van der Waals surface area contributed by atoms with E-state index in [0.717, 1.165) is 0 Å². The fourth-order valence-electron chi connectivity index (χ4n) is 2.68. The van der Waals surface area contributed by atoms with Gasteiger partial charge in [-0.2, -0.15) is 0 Å². The van der Waals surface area contributed by atoms with Crippen molar-refractivity contribution in [3.8, 4) is 11.5 Å². The Morgan fingerprint density at radius 3 is 1.61 bits per heavy atom. The lowest BCUT2D eigenvalue weighted by Crippen LogP contribution is -2.41. The lowest BCUT2D eigenvalue weighted by Gasteiger charge is -2.10. The smallest absolute Gasteiger partial charge is 0.269 e. The monoisotopic (exact) mass is 419 g/mol. The van der Waals surface area contributed by atoms with E-state index < -0.39 is 11.8 Å². The molecule has 0 aliphatic heterocycles. The second kappa shape index (κ2) is 9.93. The van der Waals surface area contributed by atoms with Crippen molar-refractivity contribution in [2.24, 2.45) is 0 Å². The average molecular weight is 419 g/mol. The summed E-state index contributed by atoms with van der Waals surface area (Å²) < 4.78 is 10.1. The van der Waals surface area contributed by atoms with Crippen LogP contribution in [0, 0.1) is 0 Å². The fourth-order valence-corrected chi connectivity index (χ4v) is 2.68. The van der Waals surface area contributed by atoms with Crippen molar-refractivity contribution in [1.82, 2.24) is 10.9 Å². The second-order valence-corrected chi connectivity index (χ2v) is 6.40. The van der Waals surface area contributed by atoms with Gasteiger partial charge in [0.15, 0.2) is 0 Å². The zero-order valence-corrected chi connectivity index (χ0v) is 17.0. The molecule has 0 fully saturated rings. The Bertz CT molecular complexity index is 1080. The van der Waals surface area contributed by atoms with Gasteiger partial charge in [0, 0.05) is 22.4 Å². The van der Waals surface area contributed by atoms with Crippen LogP contribution >= 0.6 is 0 Å². The van der Waals surface area contributed by atoms with Crippen LogP contribution in [0.4, 0.5) is 5.69 Å². The van der Waals surface area contributed by atoms with Gasteiger partial charge in [-0.3, -0.25) is 25.2 Å². The molecule has 8 nitrogen and oxygen atoms in total. The molecule has 3 N–H and O–H groups in total. The minimum atomic E-state index is -0.526. The van der Waals surface area contributed by atoms with Gasteiger partial charge in [0.2, 0.25) is 0 Å². The molecule has 0 bridgehead atoms. The van der Waals surface area contributed by atoms with Crippen LogP contribution < -0.4 is 25.6 Å². The number of rotatable bonds is 6. The van der Waals surface area contributed by atoms with Gasteiger partial charge in [0.05, 0.1) is 14.2 Å². The molecular weight excluding hydrogens is 398 g/mol. The summed E-state index contributed by atoms with van der Waals surface area (Å²) in [7, 11) is 3.08. The molecule has 0 aromatic heterocycles. The Morgan fingerprint density at radius 1 is 0.613 bits per heavy atom. The Morgan fingerprint density at radius 2 is 1.10 bits per heavy atom. The molecule has 8 heteroatoms. The van der Waals surface area contributed by atoms with E-state index in [1.807, 2.05) is 0 Å². The van der Waals surface area contributed by atoms with E-state index >= 15 is 0 Å². The minimum Gasteiger partial charge on any atom is -0.497 e. The Hall–Kier alpha value is -4.33. The number of hydrogen-bond donors (Lipinski definition) is 3. The number of methoxy groups -OCH3 is 2. The van der Waals surface area contributed by atoms with Crippen molar-refractivity contribution in [1.29, 1.82) is 0 Å². The lowest BCUT2D eigenvalue weighted by atomic mass is 10.1. The zero-order chi connectivity index (χ0) is 22.2. The van der Waals surface area contributed by atoms with Crippen molar-refractivity contribution in [2.75, 3.05) is 19.5 Å². The maximum Gasteiger partial charge on any atom is 0.269 e. The third-order valence-electron chi connectivity index (χ3n) is 4.38. The van der Waals surface area contributed by atoms with E-state index in [1.165, 1.54) is 13.2 Å². The molecule has 3 aromatic carbocycles. The van der Waals surface area contributed by atoms with E-state index in [0.29, 0.717) is 28.3 Å². The summed E-state index contributed by atoms with van der Waals surface area (Å²) in [4.78, 5) is 36.9. The molecule has 158 valence electrons. The van der Waals surface area contributed by atoms with Crippen molar-refractivity contribution in [3.63, 3.8) is 0 Å². The fraction of sp³-hybridized carbons (Fsp3) is 0.0870. The summed E-state index contributed by atoms with van der Waals surface area (Å²) in [6.45, 7) is 0. The largest absolute Gasteiger partial charge is 0.497 e. The number of anilines is 1. The van der Waals surface area contributed by atoms with Gasteiger partial charge in [-0.05, 0) is 66.7 Å². The number of carbonyl (C=O) groups excluding carboxylic acids is 3. The molecule has 0 atom stereocenters. The molecule has 0 spiro atoms. The van der Waals surface area contributed by atoms with Gasteiger partial charge in [0.25, 0.3) is 17.7 Å². The first-order chi connectivity index (χ1) is 15.0. The maximum atomic E-state index is 12.4. The highest BCUT2D eigenvalue weighted by Gasteiger charge is 2.11. The third kappa shape index (κ3) is 5.60. The van der Waals surface area contributed by atoms with Crippen LogP contribution in [0.5, 0.6) is 11.5 Å². The number of nitrogens with one attached hydrogen (secondary N) is 3. The van der Waals surface area contributed by atoms with Gasteiger partial charge in [0.1, 0.15) is 11.5 Å². The van der Waals surface area contributed by atoms with Crippen molar-refractivity contribution < 1.29 is 23.9 Å². The van der Waals surface area contributed by atoms with Crippen molar-refractivity contribution in [3.05, 3.63) is 89.5 Å². The summed E-state index contributed by atoms with van der Waals surface area (Å²) in [5.41, 5.74) is 6.22. The topological polar surface area (TPSA) is 106 Å². The third-order valence-corrected chi connectivity index (χ3v) is 4.38. The molecule has 3 rings (SSSR count). The second-order valence-electron chi connectivity index (χ2n) is 6.40. The summed E-state index contributed by atoms with van der Waals surface area (Å²) in [5, 5.41) is 2.73. The van der Waals surface area contributed by atoms with Crippen LogP contribution in [-0.4, -0.2) is 31.9 Å². The molecule has 0 aliphatic rings. The Labute approximate surface area is 179 Å². The quantitative estimate of drug-likeness (QED) is 0.533. The van der Waals surface area contributed by atoms with Crippen LogP contribution in [0.1, 0.15) is 31.1 Å². The van der Waals surface area contributed by atoms with Crippen molar-refractivity contribution >= 4 is 23.4 Å². The van der Waals surface area contributed by atoms with Gasteiger partial charge < -0.3 is 14.8 Å². The summed E-state index contributed by atoms with van der Waals surface area (Å²) in [5.74, 6) is -0.0589. The first-order valence-corrected chi connectivity index (χ1v) is 9.30. The molecule has 0 saturated heterocycles. The van der Waals surface area contributed by atoms with Crippen LogP contribution in [0.2, 0.25) is 0 Å². The first-order valence-electron chi connectivity index (χ1n) is 9.30. The average Bonchev–Trinajstić information content (AvgIpc) is 2.82. The number of hydrogen-bond acceptors (Lipinski definition) is 5. The van der Waals surface area contributed by atoms with E-state index in [2.05, 4.69) is 16.2 Å². The predicted octanol–water partition coefficient (Wildman–Crippen LogP) is 3.03. The number of hydrazine groups is 1. The molecule has 0 saturated carbocycles. The normalized spacial score (nSPS) is 10.0. The molecule has 0 unspecified atom stereocenters. The highest BCUT2D eigenvalue weighted by Crippen LogP contribution is 2.15. The summed E-state index contributed by atoms with van der Waals surface area (Å²) in [6.07, 6.45) is 0. The Balaban J connectivity index is 1.59. The first kappa shape index (κ1) is 21.4. The summed E-state index contributed by atoms with van der Waals surface area (Å²) >= 11 is 0. The molecule has 0 heterocycles. The standard InChI is InChI=1S/C23H21N3O5/c1-30-19-10-6-15(7-11-19)21(27)24-18-5-3-4-17(14-18)23(29)26-25-22(28)16-8-12-20(31-2)13-9-16/h3-14H,1-2H3,(H,24,27)(H,25,28)(H,26,29). The Kier molecular flexibility index (Phi) is 6.85. The zero-order valence-electron chi connectivity index (χ0n) is 17.0. The van der Waals surface area contributed by atoms with Gasteiger partial charge in [-0.15, -0.1) is 0 Å². The van der Waals surface area contributed by atoms with Gasteiger partial charge >= 0.3 is 0 Å². The molecule has 31 heavy (non-hydrogen) atoms. The predicted molar refractivity (Wildman–Crippen MR) is 115 cm³/mol. The van der Waals surface area contributed by atoms with Gasteiger partial charge in [-0.1, -0.05) is 6.07 Å². The van der Waals surface area contributed by atoms with Gasteiger partial charge in [-0.25, -0.2) is 0 Å². The molecular formula is C23H21N3O5.